The second-order valence-electron chi connectivity index (χ2n) is 5.97. The lowest BCUT2D eigenvalue weighted by molar-refractivity contribution is -0.118. The maximum atomic E-state index is 14.6. The number of methoxy groups -OCH3 is 1. The van der Waals surface area contributed by atoms with Crippen LogP contribution in [0.15, 0.2) is 41.5 Å². The zero-order chi connectivity index (χ0) is 17.1. The molecular formula is C19H19FN2O2. The van der Waals surface area contributed by atoms with Crippen molar-refractivity contribution in [2.24, 2.45) is 4.99 Å². The summed E-state index contributed by atoms with van der Waals surface area (Å²) < 4.78 is 19.7. The van der Waals surface area contributed by atoms with Crippen LogP contribution in [0.4, 0.5) is 4.39 Å². The Morgan fingerprint density at radius 2 is 2.08 bits per heavy atom. The molecule has 24 heavy (non-hydrogen) atoms. The van der Waals surface area contributed by atoms with Gasteiger partial charge in [0.2, 0.25) is 5.90 Å². The number of Topliss-reactive ketones (excluding diaryl/α,β-unsaturated/α-hetero) is 1. The summed E-state index contributed by atoms with van der Waals surface area (Å²) in [5, 5.41) is 0. The quantitative estimate of drug-likeness (QED) is 0.846. The maximum absolute atomic E-state index is 14.6. The van der Waals surface area contributed by atoms with Gasteiger partial charge in [-0.15, -0.1) is 0 Å². The van der Waals surface area contributed by atoms with Crippen LogP contribution in [0, 0.1) is 5.82 Å². The molecular weight excluding hydrogens is 307 g/mol. The molecule has 1 aromatic heterocycles. The number of hydrogen-bond donors (Lipinski definition) is 0. The number of ketones is 1. The van der Waals surface area contributed by atoms with Crippen LogP contribution < -0.4 is 0 Å². The molecule has 0 amide bonds. The average Bonchev–Trinajstić information content (AvgIpc) is 3.02. The third-order valence-corrected chi connectivity index (χ3v) is 4.26. The molecule has 0 bridgehead atoms. The number of carbonyl (C=O) groups excluding carboxylic acids is 1. The van der Waals surface area contributed by atoms with E-state index in [0.29, 0.717) is 23.4 Å². The van der Waals surface area contributed by atoms with E-state index in [9.17, 15) is 9.18 Å². The Labute approximate surface area is 140 Å². The second kappa shape index (κ2) is 6.91. The first kappa shape index (κ1) is 16.3. The number of nitrogens with zero attached hydrogens (tertiary/aromatic N) is 2. The minimum Gasteiger partial charge on any atom is -0.481 e. The van der Waals surface area contributed by atoms with Gasteiger partial charge in [0.1, 0.15) is 5.78 Å². The minimum atomic E-state index is -0.441. The molecule has 0 saturated heterocycles. The summed E-state index contributed by atoms with van der Waals surface area (Å²) in [4.78, 5) is 20.5. The predicted molar refractivity (Wildman–Crippen MR) is 89.6 cm³/mol. The van der Waals surface area contributed by atoms with Gasteiger partial charge in [0, 0.05) is 18.2 Å². The molecule has 3 rings (SSSR count). The number of rotatable bonds is 5. The van der Waals surface area contributed by atoms with E-state index in [4.69, 9.17) is 4.74 Å². The minimum absolute atomic E-state index is 0.00139. The maximum Gasteiger partial charge on any atom is 0.218 e. The number of carbonyl (C=O) groups is 1. The average molecular weight is 326 g/mol. The molecule has 1 aliphatic rings. The molecule has 1 aromatic carbocycles. The van der Waals surface area contributed by atoms with Gasteiger partial charge in [-0.1, -0.05) is 37.3 Å². The second-order valence-corrected chi connectivity index (χ2v) is 5.97. The SMILES string of the molecule is COC1=NCc2c1cnc(CC(=O)C[C@H](C)c1ccccc1)c2F. The number of aliphatic imine (C=N–C) groups is 1. The highest BCUT2D eigenvalue weighted by atomic mass is 19.1. The van der Waals surface area contributed by atoms with Crippen molar-refractivity contribution < 1.29 is 13.9 Å². The lowest BCUT2D eigenvalue weighted by atomic mass is 9.94. The number of benzene rings is 1. The van der Waals surface area contributed by atoms with Crippen molar-refractivity contribution in [2.45, 2.75) is 32.2 Å². The Kier molecular flexibility index (Phi) is 4.69. The van der Waals surface area contributed by atoms with Gasteiger partial charge >= 0.3 is 0 Å². The molecule has 124 valence electrons. The van der Waals surface area contributed by atoms with Crippen molar-refractivity contribution in [3.8, 4) is 0 Å². The topological polar surface area (TPSA) is 51.6 Å². The number of ether oxygens (including phenoxy) is 1. The smallest absolute Gasteiger partial charge is 0.218 e. The van der Waals surface area contributed by atoms with Crippen LogP contribution >= 0.6 is 0 Å². The van der Waals surface area contributed by atoms with Gasteiger partial charge in [-0.3, -0.25) is 9.78 Å². The van der Waals surface area contributed by atoms with Crippen molar-refractivity contribution in [1.29, 1.82) is 0 Å². The molecule has 2 heterocycles. The van der Waals surface area contributed by atoms with Crippen LogP contribution in [-0.4, -0.2) is 23.8 Å². The summed E-state index contributed by atoms with van der Waals surface area (Å²) in [5.74, 6) is 0.0270. The Morgan fingerprint density at radius 3 is 2.79 bits per heavy atom. The van der Waals surface area contributed by atoms with E-state index in [1.807, 2.05) is 37.3 Å². The molecule has 0 saturated carbocycles. The monoisotopic (exact) mass is 326 g/mol. The van der Waals surface area contributed by atoms with Gasteiger partial charge in [0.25, 0.3) is 0 Å². The molecule has 1 aliphatic heterocycles. The molecule has 0 N–H and O–H groups in total. The number of pyridine rings is 1. The molecule has 0 unspecified atom stereocenters. The Hall–Kier alpha value is -2.56. The highest BCUT2D eigenvalue weighted by Gasteiger charge is 2.24. The van der Waals surface area contributed by atoms with Crippen molar-refractivity contribution in [1.82, 2.24) is 4.98 Å². The van der Waals surface area contributed by atoms with Gasteiger partial charge in [0.15, 0.2) is 5.82 Å². The van der Waals surface area contributed by atoms with Gasteiger partial charge in [-0.25, -0.2) is 9.38 Å². The molecule has 4 nitrogen and oxygen atoms in total. The normalized spacial score (nSPS) is 14.0. The fourth-order valence-electron chi connectivity index (χ4n) is 2.94. The predicted octanol–water partition coefficient (Wildman–Crippen LogP) is 3.43. The van der Waals surface area contributed by atoms with E-state index in [0.717, 1.165) is 5.56 Å². The first-order valence-corrected chi connectivity index (χ1v) is 7.91. The van der Waals surface area contributed by atoms with Crippen molar-refractivity contribution >= 4 is 11.7 Å². The van der Waals surface area contributed by atoms with E-state index >= 15 is 0 Å². The van der Waals surface area contributed by atoms with Crippen LogP contribution in [0.25, 0.3) is 0 Å². The van der Waals surface area contributed by atoms with Gasteiger partial charge in [0.05, 0.1) is 31.3 Å². The summed E-state index contributed by atoms with van der Waals surface area (Å²) in [6, 6.07) is 9.83. The molecule has 1 atom stereocenters. The van der Waals surface area contributed by atoms with E-state index in [1.54, 1.807) is 0 Å². The number of aromatic nitrogens is 1. The standard InChI is InChI=1S/C19H19FN2O2/c1-12(13-6-4-3-5-7-13)8-14(23)9-17-18(20)15-10-22-19(24-2)16(15)11-21-17/h3-7,11-12H,8-10H2,1-2H3/t12-/m0/s1. The van der Waals surface area contributed by atoms with Crippen LogP contribution in [0.2, 0.25) is 0 Å². The first-order valence-electron chi connectivity index (χ1n) is 7.91. The fraction of sp³-hybridized carbons (Fsp3) is 0.316. The lowest BCUT2D eigenvalue weighted by Crippen LogP contribution is -2.12. The fourth-order valence-corrected chi connectivity index (χ4v) is 2.94. The molecule has 0 fully saturated rings. The highest BCUT2D eigenvalue weighted by Crippen LogP contribution is 2.25. The zero-order valence-corrected chi connectivity index (χ0v) is 13.8. The Bertz CT molecular complexity index is 787. The van der Waals surface area contributed by atoms with Gasteiger partial charge in [-0.05, 0) is 11.5 Å². The van der Waals surface area contributed by atoms with Crippen LogP contribution in [0.1, 0.15) is 41.6 Å². The van der Waals surface area contributed by atoms with Crippen molar-refractivity contribution in [2.75, 3.05) is 7.11 Å². The van der Waals surface area contributed by atoms with E-state index in [2.05, 4.69) is 9.98 Å². The largest absolute Gasteiger partial charge is 0.481 e. The first-order chi connectivity index (χ1) is 11.6. The summed E-state index contributed by atoms with van der Waals surface area (Å²) in [6.45, 7) is 2.23. The van der Waals surface area contributed by atoms with Crippen LogP contribution in [-0.2, 0) is 22.5 Å². The third kappa shape index (κ3) is 3.20. The van der Waals surface area contributed by atoms with Crippen LogP contribution in [0.3, 0.4) is 0 Å². The van der Waals surface area contributed by atoms with E-state index < -0.39 is 5.82 Å². The molecule has 0 radical (unpaired) electrons. The Balaban J connectivity index is 1.70. The van der Waals surface area contributed by atoms with Gasteiger partial charge < -0.3 is 4.74 Å². The molecule has 0 spiro atoms. The number of halogens is 1. The molecule has 2 aromatic rings. The lowest BCUT2D eigenvalue weighted by Gasteiger charge is -2.11. The summed E-state index contributed by atoms with van der Waals surface area (Å²) in [6.07, 6.45) is 1.90. The zero-order valence-electron chi connectivity index (χ0n) is 13.8. The molecule has 5 heteroatoms. The molecule has 0 aliphatic carbocycles. The Morgan fingerprint density at radius 1 is 1.33 bits per heavy atom. The third-order valence-electron chi connectivity index (χ3n) is 4.26. The summed E-state index contributed by atoms with van der Waals surface area (Å²) in [7, 11) is 1.49. The highest BCUT2D eigenvalue weighted by molar-refractivity contribution is 5.97. The number of hydrogen-bond acceptors (Lipinski definition) is 4. The van der Waals surface area contributed by atoms with Crippen molar-refractivity contribution in [3.63, 3.8) is 0 Å². The van der Waals surface area contributed by atoms with Gasteiger partial charge in [-0.2, -0.15) is 0 Å². The summed E-state index contributed by atoms with van der Waals surface area (Å²) >= 11 is 0. The number of fused-ring (bicyclic) bond motifs is 1. The summed E-state index contributed by atoms with van der Waals surface area (Å²) in [5.41, 5.74) is 2.32. The van der Waals surface area contributed by atoms with E-state index in [-0.39, 0.29) is 30.4 Å². The van der Waals surface area contributed by atoms with Crippen LogP contribution in [0.5, 0.6) is 0 Å². The van der Waals surface area contributed by atoms with E-state index in [1.165, 1.54) is 13.3 Å². The van der Waals surface area contributed by atoms with Crippen molar-refractivity contribution in [3.05, 3.63) is 64.7 Å².